The quantitative estimate of drug-likeness (QED) is 0.289. The second-order valence-electron chi connectivity index (χ2n) is 8.69. The molecule has 0 bridgehead atoms. The van der Waals surface area contributed by atoms with Crippen LogP contribution < -0.4 is 0 Å². The number of pyridine rings is 1. The molecule has 28 heavy (non-hydrogen) atoms. The van der Waals surface area contributed by atoms with Gasteiger partial charge in [0.1, 0.15) is 5.15 Å². The van der Waals surface area contributed by atoms with Crippen molar-refractivity contribution >= 4 is 11.6 Å². The third-order valence-corrected chi connectivity index (χ3v) is 6.76. The van der Waals surface area contributed by atoms with E-state index in [9.17, 15) is 0 Å². The van der Waals surface area contributed by atoms with E-state index < -0.39 is 0 Å². The van der Waals surface area contributed by atoms with Gasteiger partial charge in [0, 0.05) is 11.8 Å². The first kappa shape index (κ1) is 21.4. The van der Waals surface area contributed by atoms with Crippen LogP contribution in [0.4, 0.5) is 0 Å². The summed E-state index contributed by atoms with van der Waals surface area (Å²) >= 11 is 5.88. The maximum Gasteiger partial charge on any atom is 0.129 e. The van der Waals surface area contributed by atoms with Crippen molar-refractivity contribution in [3.8, 4) is 11.1 Å². The first-order valence-corrected chi connectivity index (χ1v) is 11.8. The number of benzene rings is 1. The van der Waals surface area contributed by atoms with Gasteiger partial charge in [-0.2, -0.15) is 0 Å². The molecule has 1 aliphatic carbocycles. The number of nitrogens with zero attached hydrogens (tertiary/aromatic N) is 1. The average Bonchev–Trinajstić information content (AvgIpc) is 2.74. The van der Waals surface area contributed by atoms with Gasteiger partial charge in [0.25, 0.3) is 0 Å². The molecule has 0 saturated heterocycles. The first-order valence-electron chi connectivity index (χ1n) is 11.5. The molecule has 3 rings (SSSR count). The van der Waals surface area contributed by atoms with Crippen LogP contribution in [0.2, 0.25) is 5.15 Å². The molecule has 0 radical (unpaired) electrons. The van der Waals surface area contributed by atoms with Gasteiger partial charge in [0.2, 0.25) is 0 Å². The van der Waals surface area contributed by atoms with Gasteiger partial charge in [-0.05, 0) is 47.9 Å². The monoisotopic (exact) mass is 397 g/mol. The zero-order valence-electron chi connectivity index (χ0n) is 17.5. The minimum Gasteiger partial charge on any atom is -0.244 e. The molecule has 1 nitrogen and oxygen atoms in total. The Kier molecular flexibility index (Phi) is 8.86. The van der Waals surface area contributed by atoms with Crippen molar-refractivity contribution in [2.24, 2.45) is 11.8 Å². The standard InChI is InChI=1S/C26H36ClN/c1-2-3-4-5-6-7-21-8-10-22(11-9-21)12-13-23-14-16-24(17-15-23)25-18-19-26(27)28-20-25/h14-22H,2-13H2,1H3. The molecule has 1 heterocycles. The lowest BCUT2D eigenvalue weighted by Gasteiger charge is -2.28. The lowest BCUT2D eigenvalue weighted by molar-refractivity contribution is 0.249. The highest BCUT2D eigenvalue weighted by molar-refractivity contribution is 6.29. The molecule has 1 aromatic heterocycles. The van der Waals surface area contributed by atoms with Gasteiger partial charge < -0.3 is 0 Å². The Bertz CT molecular complexity index is 669. The smallest absolute Gasteiger partial charge is 0.129 e. The van der Waals surface area contributed by atoms with Crippen molar-refractivity contribution in [2.75, 3.05) is 0 Å². The molecule has 152 valence electrons. The highest BCUT2D eigenvalue weighted by atomic mass is 35.5. The lowest BCUT2D eigenvalue weighted by Crippen LogP contribution is -2.15. The average molecular weight is 398 g/mol. The van der Waals surface area contributed by atoms with Gasteiger partial charge in [-0.3, -0.25) is 0 Å². The topological polar surface area (TPSA) is 12.9 Å². The van der Waals surface area contributed by atoms with Crippen LogP contribution in [-0.4, -0.2) is 4.98 Å². The second kappa shape index (κ2) is 11.6. The molecular formula is C26H36ClN. The van der Waals surface area contributed by atoms with Gasteiger partial charge in [-0.25, -0.2) is 4.98 Å². The van der Waals surface area contributed by atoms with Crippen LogP contribution in [-0.2, 0) is 6.42 Å². The molecule has 0 atom stereocenters. The molecule has 2 aromatic rings. The van der Waals surface area contributed by atoms with Gasteiger partial charge in [-0.15, -0.1) is 0 Å². The Labute approximate surface area is 176 Å². The number of rotatable bonds is 10. The Morgan fingerprint density at radius 2 is 1.43 bits per heavy atom. The fraction of sp³-hybridized carbons (Fsp3) is 0.577. The highest BCUT2D eigenvalue weighted by Gasteiger charge is 2.20. The lowest BCUT2D eigenvalue weighted by atomic mass is 9.77. The van der Waals surface area contributed by atoms with Crippen molar-refractivity contribution in [3.63, 3.8) is 0 Å². The maximum absolute atomic E-state index is 5.88. The van der Waals surface area contributed by atoms with E-state index in [1.165, 1.54) is 88.2 Å². The van der Waals surface area contributed by atoms with E-state index in [-0.39, 0.29) is 0 Å². The van der Waals surface area contributed by atoms with Gasteiger partial charge in [0.05, 0.1) is 0 Å². The number of hydrogen-bond acceptors (Lipinski definition) is 1. The minimum atomic E-state index is 0.548. The van der Waals surface area contributed by atoms with E-state index in [2.05, 4.69) is 36.2 Å². The van der Waals surface area contributed by atoms with Gasteiger partial charge >= 0.3 is 0 Å². The molecule has 1 aromatic carbocycles. The summed E-state index contributed by atoms with van der Waals surface area (Å²) < 4.78 is 0. The summed E-state index contributed by atoms with van der Waals surface area (Å²) in [7, 11) is 0. The van der Waals surface area contributed by atoms with Crippen LogP contribution in [0.3, 0.4) is 0 Å². The zero-order valence-corrected chi connectivity index (χ0v) is 18.3. The number of unbranched alkanes of at least 4 members (excludes halogenated alkanes) is 4. The molecule has 1 aliphatic rings. The summed E-state index contributed by atoms with van der Waals surface area (Å²) in [4.78, 5) is 4.18. The minimum absolute atomic E-state index is 0.548. The summed E-state index contributed by atoms with van der Waals surface area (Å²) in [6, 6.07) is 12.9. The number of hydrogen-bond donors (Lipinski definition) is 0. The molecular weight excluding hydrogens is 362 g/mol. The molecule has 1 saturated carbocycles. The predicted molar refractivity (Wildman–Crippen MR) is 122 cm³/mol. The Morgan fingerprint density at radius 3 is 2.07 bits per heavy atom. The van der Waals surface area contributed by atoms with E-state index in [0.29, 0.717) is 5.15 Å². The van der Waals surface area contributed by atoms with Crippen LogP contribution in [0, 0.1) is 11.8 Å². The summed E-state index contributed by atoms with van der Waals surface area (Å²) in [5, 5.41) is 0.548. The van der Waals surface area contributed by atoms with Crippen LogP contribution in [0.1, 0.15) is 83.1 Å². The van der Waals surface area contributed by atoms with Gasteiger partial charge in [-0.1, -0.05) is 107 Å². The van der Waals surface area contributed by atoms with Crippen LogP contribution in [0.25, 0.3) is 11.1 Å². The molecule has 2 heteroatoms. The molecule has 0 amide bonds. The Morgan fingerprint density at radius 1 is 0.786 bits per heavy atom. The third kappa shape index (κ3) is 6.92. The van der Waals surface area contributed by atoms with E-state index in [0.717, 1.165) is 17.4 Å². The largest absolute Gasteiger partial charge is 0.244 e. The molecule has 0 N–H and O–H groups in total. The SMILES string of the molecule is CCCCCCCC1CCC(CCc2ccc(-c3ccc(Cl)nc3)cc2)CC1. The van der Waals surface area contributed by atoms with Gasteiger partial charge in [0.15, 0.2) is 0 Å². The fourth-order valence-corrected chi connectivity index (χ4v) is 4.74. The number of aromatic nitrogens is 1. The second-order valence-corrected chi connectivity index (χ2v) is 9.08. The van der Waals surface area contributed by atoms with Crippen molar-refractivity contribution in [3.05, 3.63) is 53.3 Å². The predicted octanol–water partition coefficient (Wildman–Crippen LogP) is 8.50. The van der Waals surface area contributed by atoms with Crippen LogP contribution in [0.15, 0.2) is 42.6 Å². The zero-order chi connectivity index (χ0) is 19.6. The van der Waals surface area contributed by atoms with Crippen molar-refractivity contribution in [2.45, 2.75) is 84.0 Å². The van der Waals surface area contributed by atoms with E-state index in [4.69, 9.17) is 11.6 Å². The van der Waals surface area contributed by atoms with Crippen molar-refractivity contribution in [1.82, 2.24) is 4.98 Å². The first-order chi connectivity index (χ1) is 13.7. The maximum atomic E-state index is 5.88. The van der Waals surface area contributed by atoms with Crippen molar-refractivity contribution in [1.29, 1.82) is 0 Å². The van der Waals surface area contributed by atoms with Crippen LogP contribution in [0.5, 0.6) is 0 Å². The molecule has 0 aliphatic heterocycles. The summed E-state index contributed by atoms with van der Waals surface area (Å²) in [6.45, 7) is 2.30. The highest BCUT2D eigenvalue weighted by Crippen LogP contribution is 2.34. The van der Waals surface area contributed by atoms with Crippen LogP contribution >= 0.6 is 11.6 Å². The fourth-order valence-electron chi connectivity index (χ4n) is 4.63. The normalized spacial score (nSPS) is 19.6. The third-order valence-electron chi connectivity index (χ3n) is 6.54. The van der Waals surface area contributed by atoms with Crippen molar-refractivity contribution < 1.29 is 0 Å². The Hall–Kier alpha value is -1.34. The molecule has 0 spiro atoms. The summed E-state index contributed by atoms with van der Waals surface area (Å²) in [5.74, 6) is 1.96. The van der Waals surface area contributed by atoms with E-state index in [1.54, 1.807) is 0 Å². The van der Waals surface area contributed by atoms with E-state index in [1.807, 2.05) is 18.3 Å². The molecule has 1 fully saturated rings. The number of aryl methyl sites for hydroxylation is 1. The Balaban J connectivity index is 1.35. The van der Waals surface area contributed by atoms with E-state index >= 15 is 0 Å². The summed E-state index contributed by atoms with van der Waals surface area (Å²) in [5.41, 5.74) is 3.81. The molecule has 0 unspecified atom stereocenters. The summed E-state index contributed by atoms with van der Waals surface area (Å²) in [6.07, 6.45) is 18.9. The number of halogens is 1.